The number of rotatable bonds is 11. The lowest BCUT2D eigenvalue weighted by Crippen LogP contribution is -2.21. The van der Waals surface area contributed by atoms with Gasteiger partial charge in [0, 0.05) is 34.6 Å². The van der Waals surface area contributed by atoms with Crippen LogP contribution in [0.4, 0.5) is 43.4 Å². The average molecular weight is 987 g/mol. The number of benzene rings is 6. The minimum atomic E-state index is -4.69. The lowest BCUT2D eigenvalue weighted by atomic mass is 10.0. The van der Waals surface area contributed by atoms with Crippen molar-refractivity contribution in [1.82, 2.24) is 19.6 Å². The first-order chi connectivity index (χ1) is 32.4. The summed E-state index contributed by atoms with van der Waals surface area (Å²) < 4.78 is 132. The molecule has 352 valence electrons. The van der Waals surface area contributed by atoms with Crippen LogP contribution in [-0.2, 0) is 32.8 Å². The van der Waals surface area contributed by atoms with Crippen molar-refractivity contribution in [1.29, 1.82) is 5.26 Å². The Morgan fingerprint density at radius 1 is 0.522 bits per heavy atom. The van der Waals surface area contributed by atoms with Crippen LogP contribution in [0.2, 0.25) is 0 Å². The summed E-state index contributed by atoms with van der Waals surface area (Å²) in [4.78, 5) is 10.3. The Bertz CT molecular complexity index is 3410. The van der Waals surface area contributed by atoms with E-state index in [0.29, 0.717) is 33.5 Å². The van der Waals surface area contributed by atoms with Crippen molar-refractivity contribution in [3.63, 3.8) is 0 Å². The molecule has 24 heteroatoms. The molecule has 6 aromatic carbocycles. The summed E-state index contributed by atoms with van der Waals surface area (Å²) in [5.74, 6) is 0. The van der Waals surface area contributed by atoms with Crippen molar-refractivity contribution in [2.24, 2.45) is 10.3 Å². The van der Waals surface area contributed by atoms with E-state index in [4.69, 9.17) is 15.5 Å². The number of alkyl halides is 6. The Labute approximate surface area is 388 Å². The average Bonchev–Trinajstić information content (AvgIpc) is 3.97. The fourth-order valence-corrected chi connectivity index (χ4v) is 7.62. The molecule has 2 aromatic heterocycles. The lowest BCUT2D eigenvalue weighted by molar-refractivity contribution is -0.384. The highest BCUT2D eigenvalue weighted by molar-refractivity contribution is 7.90. The molecule has 69 heavy (non-hydrogen) atoms. The van der Waals surface area contributed by atoms with Crippen LogP contribution in [0.15, 0.2) is 158 Å². The van der Waals surface area contributed by atoms with Crippen molar-refractivity contribution >= 4 is 37.5 Å². The smallest absolute Gasteiger partial charge is 0.271 e. The Balaban J connectivity index is 0.000000204. The monoisotopic (exact) mass is 986 g/mol. The van der Waals surface area contributed by atoms with Gasteiger partial charge >= 0.3 is 12.4 Å². The molecule has 0 unspecified atom stereocenters. The second-order valence-corrected chi connectivity index (χ2v) is 17.3. The van der Waals surface area contributed by atoms with Gasteiger partial charge in [-0.3, -0.25) is 19.6 Å². The zero-order chi connectivity index (χ0) is 49.9. The molecule has 0 radical (unpaired) electrons. The molecule has 0 aliphatic heterocycles. The van der Waals surface area contributed by atoms with E-state index in [2.05, 4.69) is 19.6 Å². The minimum absolute atomic E-state index is 0.0563. The largest absolute Gasteiger partial charge is 0.435 e. The maximum atomic E-state index is 13.4. The zero-order valence-electron chi connectivity index (χ0n) is 34.9. The van der Waals surface area contributed by atoms with E-state index in [9.17, 15) is 53.3 Å². The van der Waals surface area contributed by atoms with Gasteiger partial charge in [0.15, 0.2) is 11.4 Å². The summed E-state index contributed by atoms with van der Waals surface area (Å²) in [5, 5.41) is 37.1. The third kappa shape index (κ3) is 12.2. The highest BCUT2D eigenvalue weighted by Crippen LogP contribution is 2.36. The maximum Gasteiger partial charge on any atom is 0.435 e. The van der Waals surface area contributed by atoms with Crippen molar-refractivity contribution < 1.29 is 48.1 Å². The molecule has 0 bridgehead atoms. The van der Waals surface area contributed by atoms with Crippen molar-refractivity contribution in [3.8, 4) is 62.2 Å². The highest BCUT2D eigenvalue weighted by atomic mass is 32.2. The number of hydrogen-bond acceptors (Lipinski definition) is 9. The molecule has 2 heterocycles. The first kappa shape index (κ1) is 48.6. The normalized spacial score (nSPS) is 11.8. The predicted octanol–water partition coefficient (Wildman–Crippen LogP) is 9.46. The molecule has 0 saturated heterocycles. The van der Waals surface area contributed by atoms with E-state index in [1.165, 1.54) is 60.7 Å². The van der Waals surface area contributed by atoms with Crippen LogP contribution >= 0.6 is 0 Å². The molecule has 0 saturated carbocycles. The van der Waals surface area contributed by atoms with Gasteiger partial charge in [-0.1, -0.05) is 60.7 Å². The molecule has 0 spiro atoms. The third-order valence-corrected chi connectivity index (χ3v) is 10.9. The molecule has 0 atom stereocenters. The van der Waals surface area contributed by atoms with Crippen LogP contribution in [-0.4, -0.2) is 41.3 Å². The molecule has 8 aromatic rings. The topological polar surface area (TPSA) is 247 Å². The number of aromatic nitrogens is 4. The number of anilines is 2. The first-order valence-corrected chi connectivity index (χ1v) is 22.7. The Kier molecular flexibility index (Phi) is 13.4. The number of nitro benzene ring substituents is 1. The maximum absolute atomic E-state index is 13.4. The molecule has 0 aliphatic rings. The highest BCUT2D eigenvalue weighted by Gasteiger charge is 2.36. The molecule has 0 fully saturated rings. The lowest BCUT2D eigenvalue weighted by Gasteiger charge is -2.10. The Morgan fingerprint density at radius 3 is 1.12 bits per heavy atom. The number of nitrogens with zero attached hydrogens (tertiary/aromatic N) is 6. The summed E-state index contributed by atoms with van der Waals surface area (Å²) in [6.45, 7) is 0. The van der Waals surface area contributed by atoms with Crippen molar-refractivity contribution in [2.75, 3.05) is 9.44 Å². The standard InChI is InChI=1S/C23H16F3N5O2S.C22H16F3N5O4S/c24-23(25,26)22-13-21(31(29-22)20-11-9-19(10-12-20)30-34(28,32)33)18-7-5-17(6-8-18)16-3-1-15(14-27)2-4-16;23-22(24,25)21-13-20(29(27-21)18-11-7-17(8-12-18)28-35(26,33)34)16-3-1-14(2-4-16)15-5-9-19(10-6-15)30(31)32/h1-13,30H,(H2,28,32,33);1-13,28H,(H2,26,33,34). The predicted molar refractivity (Wildman–Crippen MR) is 244 cm³/mol. The summed E-state index contributed by atoms with van der Waals surface area (Å²) in [6.07, 6.45) is -9.34. The second kappa shape index (κ2) is 19.1. The van der Waals surface area contributed by atoms with E-state index in [0.717, 1.165) is 32.6 Å². The van der Waals surface area contributed by atoms with Gasteiger partial charge in [-0.2, -0.15) is 58.6 Å². The van der Waals surface area contributed by atoms with E-state index in [1.54, 1.807) is 84.9 Å². The van der Waals surface area contributed by atoms with E-state index < -0.39 is 49.1 Å². The van der Waals surface area contributed by atoms with Gasteiger partial charge in [0.25, 0.3) is 26.1 Å². The van der Waals surface area contributed by atoms with Crippen LogP contribution < -0.4 is 19.7 Å². The number of nitrogens with one attached hydrogen (secondary N) is 2. The molecule has 16 nitrogen and oxygen atoms in total. The number of non-ortho nitro benzene ring substituents is 1. The first-order valence-electron chi connectivity index (χ1n) is 19.6. The van der Waals surface area contributed by atoms with E-state index in [1.807, 2.05) is 6.07 Å². The minimum Gasteiger partial charge on any atom is -0.271 e. The SMILES string of the molecule is N#Cc1ccc(-c2ccc(-c3cc(C(F)(F)F)nn3-c3ccc(NS(N)(=O)=O)cc3)cc2)cc1.NS(=O)(=O)Nc1ccc(-n2nc(C(F)(F)F)cc2-c2ccc(-c3ccc([N+](=O)[O-])cc3)cc2)cc1. The molecule has 8 rings (SSSR count). The summed E-state index contributed by atoms with van der Waals surface area (Å²) in [7, 11) is -8.00. The number of nitrogens with two attached hydrogens (primary N) is 2. The molecular formula is C45H32F6N10O6S2. The van der Waals surface area contributed by atoms with Crippen LogP contribution in [0.1, 0.15) is 17.0 Å². The molecule has 6 N–H and O–H groups in total. The van der Waals surface area contributed by atoms with Crippen LogP contribution in [0.25, 0.3) is 56.1 Å². The number of nitro groups is 1. The van der Waals surface area contributed by atoms with Crippen LogP contribution in [0.5, 0.6) is 0 Å². The van der Waals surface area contributed by atoms with Gasteiger partial charge in [0.1, 0.15) is 0 Å². The van der Waals surface area contributed by atoms with Crippen molar-refractivity contribution in [2.45, 2.75) is 12.4 Å². The fraction of sp³-hybridized carbons (Fsp3) is 0.0444. The van der Waals surface area contributed by atoms with E-state index >= 15 is 0 Å². The molecular weight excluding hydrogens is 955 g/mol. The Hall–Kier alpha value is -8.37. The third-order valence-electron chi connectivity index (χ3n) is 9.86. The second-order valence-electron chi connectivity index (χ2n) is 14.7. The fourth-order valence-electron chi connectivity index (χ4n) is 6.69. The summed E-state index contributed by atoms with van der Waals surface area (Å²) in [5.41, 5.74) is 3.52. The van der Waals surface area contributed by atoms with Gasteiger partial charge in [-0.15, -0.1) is 0 Å². The quantitative estimate of drug-likeness (QED) is 0.0547. The number of halogens is 6. The number of hydrogen-bond donors (Lipinski definition) is 4. The van der Waals surface area contributed by atoms with Crippen LogP contribution in [0.3, 0.4) is 0 Å². The number of nitriles is 1. The van der Waals surface area contributed by atoms with E-state index in [-0.39, 0.29) is 34.1 Å². The van der Waals surface area contributed by atoms with Crippen LogP contribution in [0, 0.1) is 21.4 Å². The Morgan fingerprint density at radius 2 is 0.826 bits per heavy atom. The summed E-state index contributed by atoms with van der Waals surface area (Å²) >= 11 is 0. The van der Waals surface area contributed by atoms with Gasteiger partial charge in [0.05, 0.1) is 39.3 Å². The molecule has 0 aliphatic carbocycles. The summed E-state index contributed by atoms with van der Waals surface area (Å²) in [6, 6.07) is 41.3. The van der Waals surface area contributed by atoms with Gasteiger partial charge in [-0.25, -0.2) is 19.6 Å². The zero-order valence-corrected chi connectivity index (χ0v) is 36.5. The van der Waals surface area contributed by atoms with Gasteiger partial charge < -0.3 is 0 Å². The molecule has 0 amide bonds. The van der Waals surface area contributed by atoms with Crippen molar-refractivity contribution in [3.05, 3.63) is 185 Å². The van der Waals surface area contributed by atoms with Gasteiger partial charge in [-0.05, 0) is 107 Å². The van der Waals surface area contributed by atoms with Gasteiger partial charge in [0.2, 0.25) is 0 Å².